The summed E-state index contributed by atoms with van der Waals surface area (Å²) >= 11 is 0. The van der Waals surface area contributed by atoms with E-state index in [4.69, 9.17) is 4.74 Å². The number of aromatic nitrogens is 2. The molecular weight excluding hydrogens is 477 g/mol. The van der Waals surface area contributed by atoms with Crippen LogP contribution >= 0.6 is 0 Å². The zero-order chi connectivity index (χ0) is 27.1. The Kier molecular flexibility index (Phi) is 9.29. The summed E-state index contributed by atoms with van der Waals surface area (Å²) in [6.07, 6.45) is 7.87. The van der Waals surface area contributed by atoms with Crippen LogP contribution in [0.15, 0.2) is 60.8 Å². The Morgan fingerprint density at radius 3 is 2.55 bits per heavy atom. The van der Waals surface area contributed by atoms with Crippen molar-refractivity contribution < 1.29 is 13.9 Å². The average Bonchev–Trinajstić information content (AvgIpc) is 3.53. The Labute approximate surface area is 225 Å². The highest BCUT2D eigenvalue weighted by Gasteiger charge is 2.21. The molecule has 0 unspecified atom stereocenters. The highest BCUT2D eigenvalue weighted by Crippen LogP contribution is 2.34. The third kappa shape index (κ3) is 6.48. The second-order valence-electron chi connectivity index (χ2n) is 10.3. The molecule has 2 heterocycles. The molecule has 1 fully saturated rings. The molecule has 0 radical (unpaired) electrons. The van der Waals surface area contributed by atoms with Crippen molar-refractivity contribution in [3.05, 3.63) is 94.7 Å². The van der Waals surface area contributed by atoms with Crippen molar-refractivity contribution in [2.24, 2.45) is 0 Å². The highest BCUT2D eigenvalue weighted by molar-refractivity contribution is 6.00. The number of hydrogen-bond acceptors (Lipinski definition) is 4. The van der Waals surface area contributed by atoms with E-state index in [2.05, 4.69) is 34.8 Å². The summed E-state index contributed by atoms with van der Waals surface area (Å²) in [4.78, 5) is 16.4. The minimum Gasteiger partial charge on any atom is -0.490 e. The molecule has 0 saturated heterocycles. The lowest BCUT2D eigenvalue weighted by molar-refractivity contribution is 0.112. The summed E-state index contributed by atoms with van der Waals surface area (Å²) in [7, 11) is 1.85. The zero-order valence-corrected chi connectivity index (χ0v) is 22.8. The molecule has 2 aromatic heterocycles. The lowest BCUT2D eigenvalue weighted by Crippen LogP contribution is -2.11. The van der Waals surface area contributed by atoms with Gasteiger partial charge in [0.1, 0.15) is 11.6 Å². The summed E-state index contributed by atoms with van der Waals surface area (Å²) in [6, 6.07) is 17.4. The van der Waals surface area contributed by atoms with Crippen LogP contribution in [0.4, 0.5) is 4.39 Å². The number of nitrogens with one attached hydrogen (secondary N) is 1. The van der Waals surface area contributed by atoms with Crippen LogP contribution in [0.25, 0.3) is 10.9 Å². The van der Waals surface area contributed by atoms with Gasteiger partial charge in [-0.15, -0.1) is 0 Å². The molecule has 0 spiro atoms. The fourth-order valence-corrected chi connectivity index (χ4v) is 5.17. The van der Waals surface area contributed by atoms with Gasteiger partial charge in [-0.1, -0.05) is 32.0 Å². The van der Waals surface area contributed by atoms with Gasteiger partial charge in [0, 0.05) is 35.5 Å². The molecule has 1 aliphatic rings. The number of ether oxygens (including phenoxy) is 1. The summed E-state index contributed by atoms with van der Waals surface area (Å²) in [6.45, 7) is 7.39. The van der Waals surface area contributed by atoms with Crippen LogP contribution in [-0.4, -0.2) is 29.0 Å². The maximum atomic E-state index is 12.9. The predicted octanol–water partition coefficient (Wildman–Crippen LogP) is 7.20. The number of halogens is 1. The monoisotopic (exact) mass is 515 g/mol. The van der Waals surface area contributed by atoms with E-state index in [9.17, 15) is 9.18 Å². The Hall–Kier alpha value is -3.51. The fraction of sp³-hybridized carbons (Fsp3) is 0.375. The molecule has 0 bridgehead atoms. The van der Waals surface area contributed by atoms with Gasteiger partial charge in [0.25, 0.3) is 0 Å². The Bertz CT molecular complexity index is 1360. The molecule has 1 saturated carbocycles. The summed E-state index contributed by atoms with van der Waals surface area (Å²) in [5.74, 6) is 1.00. The number of benzene rings is 2. The predicted molar refractivity (Wildman–Crippen MR) is 152 cm³/mol. The van der Waals surface area contributed by atoms with Gasteiger partial charge in [-0.05, 0) is 87.0 Å². The van der Waals surface area contributed by atoms with Crippen LogP contribution in [0.1, 0.15) is 78.3 Å². The smallest absolute Gasteiger partial charge is 0.152 e. The Morgan fingerprint density at radius 2 is 1.92 bits per heavy atom. The van der Waals surface area contributed by atoms with Crippen molar-refractivity contribution in [1.82, 2.24) is 14.9 Å². The number of nitrogens with zero attached hydrogens (tertiary/aromatic N) is 2. The first-order valence-electron chi connectivity index (χ1n) is 13.5. The highest BCUT2D eigenvalue weighted by atomic mass is 19.1. The van der Waals surface area contributed by atoms with Gasteiger partial charge < -0.3 is 14.6 Å². The lowest BCUT2D eigenvalue weighted by atomic mass is 10.0. The van der Waals surface area contributed by atoms with Crippen molar-refractivity contribution in [3.63, 3.8) is 0 Å². The third-order valence-corrected chi connectivity index (χ3v) is 7.05. The van der Waals surface area contributed by atoms with Crippen LogP contribution in [-0.2, 0) is 13.1 Å². The first-order chi connectivity index (χ1) is 18.4. The van der Waals surface area contributed by atoms with Crippen LogP contribution in [0.2, 0.25) is 0 Å². The first-order valence-corrected chi connectivity index (χ1v) is 13.5. The van der Waals surface area contributed by atoms with Crippen LogP contribution in [0.5, 0.6) is 5.75 Å². The molecule has 6 heteroatoms. The Morgan fingerprint density at radius 1 is 1.13 bits per heavy atom. The van der Waals surface area contributed by atoms with Crippen LogP contribution in [0.3, 0.4) is 0 Å². The molecule has 1 N–H and O–H groups in total. The zero-order valence-electron chi connectivity index (χ0n) is 22.8. The van der Waals surface area contributed by atoms with Gasteiger partial charge in [-0.25, -0.2) is 4.39 Å². The molecule has 0 atom stereocenters. The standard InChI is InChI=1S/C23H26N2O2.C9H12FN/c1-16(2)23-21(15-26)20-11-10-19(27-18-8-3-4-9-18)13-22(20)25(23)14-17-7-5-6-12-24-17;1-7-3-4-8(6-11-2)5-9(7)10/h5-7,10-13,15-16,18H,3-4,8-9,14H2,1-2H3;3-5,11H,6H2,1-2H3. The normalized spacial score (nSPS) is 13.5. The van der Waals surface area contributed by atoms with E-state index in [0.29, 0.717) is 18.2 Å². The van der Waals surface area contributed by atoms with Gasteiger partial charge in [-0.2, -0.15) is 0 Å². The quantitative estimate of drug-likeness (QED) is 0.252. The van der Waals surface area contributed by atoms with Gasteiger partial charge in [0.05, 0.1) is 23.9 Å². The van der Waals surface area contributed by atoms with E-state index < -0.39 is 0 Å². The third-order valence-electron chi connectivity index (χ3n) is 7.05. The molecule has 38 heavy (non-hydrogen) atoms. The number of pyridine rings is 1. The van der Waals surface area contributed by atoms with Crippen molar-refractivity contribution >= 4 is 17.2 Å². The Balaban J connectivity index is 0.000000257. The van der Waals surface area contributed by atoms with Crippen LogP contribution in [0, 0.1) is 12.7 Å². The van der Waals surface area contributed by atoms with Crippen molar-refractivity contribution in [2.75, 3.05) is 7.05 Å². The lowest BCUT2D eigenvalue weighted by Gasteiger charge is -2.15. The molecule has 2 aromatic carbocycles. The van der Waals surface area contributed by atoms with E-state index in [0.717, 1.165) is 64.8 Å². The maximum absolute atomic E-state index is 12.9. The number of carbonyl (C=O) groups excluding carboxylic acids is 1. The molecule has 1 aliphatic carbocycles. The SMILES string of the molecule is CC(C)c1c(C=O)c2ccc(OC3CCCC3)cc2n1Cc1ccccn1.CNCc1ccc(C)c(F)c1. The second-order valence-corrected chi connectivity index (χ2v) is 10.3. The average molecular weight is 516 g/mol. The molecule has 5 nitrogen and oxygen atoms in total. The van der Waals surface area contributed by atoms with E-state index in [-0.39, 0.29) is 11.7 Å². The largest absolute Gasteiger partial charge is 0.490 e. The number of hydrogen-bond donors (Lipinski definition) is 1. The second kappa shape index (κ2) is 12.8. The maximum Gasteiger partial charge on any atom is 0.152 e. The van der Waals surface area contributed by atoms with E-state index in [1.165, 1.54) is 12.8 Å². The molecule has 0 amide bonds. The van der Waals surface area contributed by atoms with E-state index in [1.807, 2.05) is 49.6 Å². The van der Waals surface area contributed by atoms with Crippen molar-refractivity contribution in [2.45, 2.75) is 71.6 Å². The summed E-state index contributed by atoms with van der Waals surface area (Å²) in [5.41, 5.74) is 5.55. The van der Waals surface area contributed by atoms with Gasteiger partial charge >= 0.3 is 0 Å². The van der Waals surface area contributed by atoms with Crippen molar-refractivity contribution in [3.8, 4) is 5.75 Å². The first kappa shape index (κ1) is 27.5. The van der Waals surface area contributed by atoms with Gasteiger partial charge in [-0.3, -0.25) is 9.78 Å². The molecule has 4 aromatic rings. The minimum absolute atomic E-state index is 0.127. The number of fused-ring (bicyclic) bond motifs is 1. The fourth-order valence-electron chi connectivity index (χ4n) is 5.17. The number of carbonyl (C=O) groups is 1. The summed E-state index contributed by atoms with van der Waals surface area (Å²) < 4.78 is 21.3. The number of aryl methyl sites for hydroxylation is 1. The number of aldehydes is 1. The van der Waals surface area contributed by atoms with E-state index >= 15 is 0 Å². The summed E-state index contributed by atoms with van der Waals surface area (Å²) in [5, 5.41) is 3.95. The molecule has 5 rings (SSSR count). The molecule has 0 aliphatic heterocycles. The van der Waals surface area contributed by atoms with Gasteiger partial charge in [0.2, 0.25) is 0 Å². The van der Waals surface area contributed by atoms with E-state index in [1.54, 1.807) is 19.1 Å². The minimum atomic E-state index is -0.127. The topological polar surface area (TPSA) is 56.2 Å². The van der Waals surface area contributed by atoms with Gasteiger partial charge in [0.15, 0.2) is 6.29 Å². The number of rotatable bonds is 8. The van der Waals surface area contributed by atoms with Crippen molar-refractivity contribution in [1.29, 1.82) is 0 Å². The molecular formula is C32H38FN3O2. The molecule has 200 valence electrons. The van der Waals surface area contributed by atoms with Crippen LogP contribution < -0.4 is 10.1 Å².